The number of aliphatic hydroxyl groups excluding tert-OH is 1. The van der Waals surface area contributed by atoms with Crippen molar-refractivity contribution in [3.8, 4) is 22.9 Å². The average molecular weight is 408 g/mol. The number of rotatable bonds is 4. The summed E-state index contributed by atoms with van der Waals surface area (Å²) in [7, 11) is 1.57. The number of carbonyl (C=O) groups excluding carboxylic acids is 1. The van der Waals surface area contributed by atoms with Crippen molar-refractivity contribution in [3.05, 3.63) is 42.4 Å². The van der Waals surface area contributed by atoms with E-state index in [1.54, 1.807) is 24.0 Å². The fourth-order valence-corrected chi connectivity index (χ4v) is 3.65. The van der Waals surface area contributed by atoms with Gasteiger partial charge in [0.25, 0.3) is 0 Å². The van der Waals surface area contributed by atoms with E-state index in [9.17, 15) is 15.2 Å². The standard InChI is InChI=1S/C20H20N6O4/c1-29-14-6-15(19-13(7-21)9-24-26(19)10-14)12-2-3-18(23-8-12)25-5-4-17(16(27)11-25)30-20(22)28/h2-3,6,8-10,16-17,27H,4-5,11H2,1H3,(H2,22,28)/t16-,17-/m0/s1. The molecule has 0 aliphatic carbocycles. The third kappa shape index (κ3) is 3.58. The molecule has 1 fully saturated rings. The number of methoxy groups -OCH3 is 1. The molecule has 1 saturated heterocycles. The Kier molecular flexibility index (Phi) is 5.12. The number of nitrogens with two attached hydrogens (primary N) is 1. The van der Waals surface area contributed by atoms with Crippen molar-refractivity contribution in [3.63, 3.8) is 0 Å². The Hall–Kier alpha value is -3.84. The first-order chi connectivity index (χ1) is 14.5. The minimum absolute atomic E-state index is 0.273. The fourth-order valence-electron chi connectivity index (χ4n) is 3.65. The lowest BCUT2D eigenvalue weighted by Gasteiger charge is -2.35. The number of piperidine rings is 1. The van der Waals surface area contributed by atoms with E-state index in [2.05, 4.69) is 16.2 Å². The Morgan fingerprint density at radius 3 is 2.87 bits per heavy atom. The molecule has 30 heavy (non-hydrogen) atoms. The van der Waals surface area contributed by atoms with Crippen LogP contribution in [0.4, 0.5) is 10.6 Å². The van der Waals surface area contributed by atoms with Crippen LogP contribution in [0.5, 0.6) is 5.75 Å². The minimum atomic E-state index is -0.892. The quantitative estimate of drug-likeness (QED) is 0.659. The van der Waals surface area contributed by atoms with Crippen LogP contribution in [0, 0.1) is 11.3 Å². The maximum Gasteiger partial charge on any atom is 0.404 e. The lowest BCUT2D eigenvalue weighted by atomic mass is 10.0. The molecule has 1 aliphatic heterocycles. The van der Waals surface area contributed by atoms with E-state index in [1.165, 1.54) is 6.20 Å². The van der Waals surface area contributed by atoms with Crippen LogP contribution in [0.25, 0.3) is 16.6 Å². The number of ether oxygens (including phenoxy) is 2. The second-order valence-electron chi connectivity index (χ2n) is 6.94. The zero-order valence-corrected chi connectivity index (χ0v) is 16.2. The average Bonchev–Trinajstić information content (AvgIpc) is 3.17. The molecule has 0 bridgehead atoms. The highest BCUT2D eigenvalue weighted by atomic mass is 16.6. The number of carbonyl (C=O) groups is 1. The van der Waals surface area contributed by atoms with E-state index in [0.29, 0.717) is 35.6 Å². The van der Waals surface area contributed by atoms with Gasteiger partial charge in [0, 0.05) is 36.8 Å². The Morgan fingerprint density at radius 1 is 1.40 bits per heavy atom. The molecule has 0 aromatic carbocycles. The number of β-amino-alcohol motifs (C(OH)–C–C–N with tert-alkyl or cyclic N) is 1. The number of fused-ring (bicyclic) bond motifs is 1. The molecule has 0 unspecified atom stereocenters. The molecule has 154 valence electrons. The minimum Gasteiger partial charge on any atom is -0.495 e. The van der Waals surface area contributed by atoms with Gasteiger partial charge in [0.15, 0.2) is 0 Å². The number of nitrogens with zero attached hydrogens (tertiary/aromatic N) is 5. The van der Waals surface area contributed by atoms with Gasteiger partial charge in [-0.15, -0.1) is 0 Å². The van der Waals surface area contributed by atoms with Gasteiger partial charge in [-0.2, -0.15) is 10.4 Å². The van der Waals surface area contributed by atoms with Crippen LogP contribution >= 0.6 is 0 Å². The topological polar surface area (TPSA) is 139 Å². The first-order valence-electron chi connectivity index (χ1n) is 9.31. The summed E-state index contributed by atoms with van der Waals surface area (Å²) >= 11 is 0. The van der Waals surface area contributed by atoms with Gasteiger partial charge in [0.05, 0.1) is 30.6 Å². The number of primary amides is 1. The summed E-state index contributed by atoms with van der Waals surface area (Å²) in [4.78, 5) is 17.4. The highest BCUT2D eigenvalue weighted by Crippen LogP contribution is 2.31. The van der Waals surface area contributed by atoms with Gasteiger partial charge >= 0.3 is 6.09 Å². The van der Waals surface area contributed by atoms with Crippen LogP contribution in [0.15, 0.2) is 36.8 Å². The Bertz CT molecular complexity index is 1120. The third-order valence-corrected chi connectivity index (χ3v) is 5.11. The predicted octanol–water partition coefficient (Wildman–Crippen LogP) is 1.31. The summed E-state index contributed by atoms with van der Waals surface area (Å²) in [6.45, 7) is 0.834. The lowest BCUT2D eigenvalue weighted by molar-refractivity contribution is -0.00380. The molecule has 10 nitrogen and oxygen atoms in total. The van der Waals surface area contributed by atoms with Crippen LogP contribution in [-0.2, 0) is 4.74 Å². The molecule has 2 atom stereocenters. The Labute approximate surface area is 172 Å². The van der Waals surface area contributed by atoms with Crippen molar-refractivity contribution in [1.29, 1.82) is 5.26 Å². The maximum atomic E-state index is 10.9. The predicted molar refractivity (Wildman–Crippen MR) is 107 cm³/mol. The van der Waals surface area contributed by atoms with Crippen molar-refractivity contribution in [2.75, 3.05) is 25.1 Å². The largest absolute Gasteiger partial charge is 0.495 e. The summed E-state index contributed by atoms with van der Waals surface area (Å²) in [5.41, 5.74) is 7.74. The maximum absolute atomic E-state index is 10.9. The molecule has 1 aliphatic rings. The molecule has 0 saturated carbocycles. The third-order valence-electron chi connectivity index (χ3n) is 5.11. The molecule has 3 aromatic rings. The number of amides is 1. The van der Waals surface area contributed by atoms with Gasteiger partial charge in [-0.25, -0.2) is 14.3 Å². The first kappa shape index (κ1) is 19.5. The molecule has 0 spiro atoms. The highest BCUT2D eigenvalue weighted by molar-refractivity contribution is 5.85. The first-order valence-corrected chi connectivity index (χ1v) is 9.31. The van der Waals surface area contributed by atoms with Crippen molar-refractivity contribution >= 4 is 17.4 Å². The van der Waals surface area contributed by atoms with E-state index < -0.39 is 18.3 Å². The zero-order valence-electron chi connectivity index (χ0n) is 16.2. The van der Waals surface area contributed by atoms with Gasteiger partial charge in [0.1, 0.15) is 29.8 Å². The van der Waals surface area contributed by atoms with Crippen LogP contribution in [0.3, 0.4) is 0 Å². The molecular weight excluding hydrogens is 388 g/mol. The Morgan fingerprint density at radius 2 is 2.23 bits per heavy atom. The molecular formula is C20H20N6O4. The van der Waals surface area contributed by atoms with Crippen LogP contribution in [0.1, 0.15) is 12.0 Å². The number of aromatic nitrogens is 3. The molecule has 1 amide bonds. The van der Waals surface area contributed by atoms with Gasteiger partial charge in [-0.1, -0.05) is 0 Å². The van der Waals surface area contributed by atoms with Crippen molar-refractivity contribution < 1.29 is 19.4 Å². The van der Waals surface area contributed by atoms with E-state index in [4.69, 9.17) is 15.2 Å². The SMILES string of the molecule is COc1cc(-c2ccc(N3CC[C@H](OC(N)=O)[C@@H](O)C3)nc2)c2c(C#N)cnn2c1. The van der Waals surface area contributed by atoms with E-state index in [-0.39, 0.29) is 6.54 Å². The summed E-state index contributed by atoms with van der Waals surface area (Å²) in [5.74, 6) is 1.29. The van der Waals surface area contributed by atoms with E-state index in [1.807, 2.05) is 23.1 Å². The highest BCUT2D eigenvalue weighted by Gasteiger charge is 2.30. The monoisotopic (exact) mass is 408 g/mol. The van der Waals surface area contributed by atoms with Gasteiger partial charge in [0.2, 0.25) is 0 Å². The fraction of sp³-hybridized carbons (Fsp3) is 0.300. The molecule has 4 rings (SSSR count). The van der Waals surface area contributed by atoms with Crippen LogP contribution < -0.4 is 15.4 Å². The van der Waals surface area contributed by atoms with Crippen molar-refractivity contribution in [1.82, 2.24) is 14.6 Å². The molecule has 10 heteroatoms. The van der Waals surface area contributed by atoms with E-state index >= 15 is 0 Å². The van der Waals surface area contributed by atoms with Gasteiger partial charge in [-0.3, -0.25) is 0 Å². The molecule has 3 aromatic heterocycles. The molecule has 4 heterocycles. The van der Waals surface area contributed by atoms with Crippen LogP contribution in [0.2, 0.25) is 0 Å². The lowest BCUT2D eigenvalue weighted by Crippen LogP contribution is -2.49. The zero-order chi connectivity index (χ0) is 21.3. The summed E-state index contributed by atoms with van der Waals surface area (Å²) in [6, 6.07) is 7.73. The Balaban J connectivity index is 1.61. The number of pyridine rings is 2. The summed E-state index contributed by atoms with van der Waals surface area (Å²) in [5, 5.41) is 23.9. The van der Waals surface area contributed by atoms with Gasteiger partial charge < -0.3 is 25.2 Å². The summed E-state index contributed by atoms with van der Waals surface area (Å²) in [6.07, 6.45) is 3.02. The molecule has 3 N–H and O–H groups in total. The van der Waals surface area contributed by atoms with Crippen molar-refractivity contribution in [2.45, 2.75) is 18.6 Å². The number of nitriles is 1. The number of hydrogen-bond acceptors (Lipinski definition) is 8. The number of hydrogen-bond donors (Lipinski definition) is 2. The van der Waals surface area contributed by atoms with E-state index in [0.717, 1.165) is 11.1 Å². The smallest absolute Gasteiger partial charge is 0.404 e. The van der Waals surface area contributed by atoms with Crippen molar-refractivity contribution in [2.24, 2.45) is 5.73 Å². The molecule has 0 radical (unpaired) electrons. The normalized spacial score (nSPS) is 18.8. The summed E-state index contributed by atoms with van der Waals surface area (Å²) < 4.78 is 11.9. The van der Waals surface area contributed by atoms with Crippen LogP contribution in [-0.4, -0.2) is 58.2 Å². The second kappa shape index (κ2) is 7.88. The number of aliphatic hydroxyl groups is 1. The number of anilines is 1. The second-order valence-corrected chi connectivity index (χ2v) is 6.94. The van der Waals surface area contributed by atoms with Gasteiger partial charge in [-0.05, 0) is 18.2 Å².